The number of imidazole rings is 1. The number of rotatable bonds is 14. The fourth-order valence-corrected chi connectivity index (χ4v) is 6.64. The lowest BCUT2D eigenvalue weighted by molar-refractivity contribution is -0.202. The van der Waals surface area contributed by atoms with Crippen LogP contribution >= 0.6 is 7.60 Å². The van der Waals surface area contributed by atoms with E-state index in [1.54, 1.807) is 25.1 Å². The lowest BCUT2D eigenvalue weighted by Gasteiger charge is -2.28. The van der Waals surface area contributed by atoms with Crippen LogP contribution in [0.25, 0.3) is 11.2 Å². The van der Waals surface area contributed by atoms with Gasteiger partial charge in [0.15, 0.2) is 29.2 Å². The molecule has 1 unspecified atom stereocenters. The number of hydrogen-bond acceptors (Lipinski definition) is 12. The van der Waals surface area contributed by atoms with Crippen molar-refractivity contribution < 1.29 is 46.5 Å². The molecular formula is C28H38F2N5O8P. The van der Waals surface area contributed by atoms with Crippen molar-refractivity contribution in [3.63, 3.8) is 0 Å². The summed E-state index contributed by atoms with van der Waals surface area (Å²) in [7, 11) is -4.34. The van der Waals surface area contributed by atoms with Crippen molar-refractivity contribution in [3.05, 3.63) is 36.7 Å². The molecule has 4 rings (SSSR count). The van der Waals surface area contributed by atoms with Gasteiger partial charge in [-0.1, -0.05) is 39.0 Å². The number of hydrogen-bond donors (Lipinski definition) is 2. The molecule has 0 radical (unpaired) electrons. The number of nitrogen functional groups attached to an aromatic ring is 1. The number of carbonyl (C=O) groups is 1. The molecule has 3 aromatic rings. The number of aromatic nitrogens is 4. The van der Waals surface area contributed by atoms with Crippen LogP contribution in [-0.2, 0) is 23.4 Å². The molecule has 2 aromatic heterocycles. The summed E-state index contributed by atoms with van der Waals surface area (Å²) in [4.78, 5) is 24.9. The van der Waals surface area contributed by atoms with E-state index in [0.29, 0.717) is 12.8 Å². The zero-order chi connectivity index (χ0) is 32.3. The van der Waals surface area contributed by atoms with Crippen molar-refractivity contribution in [1.82, 2.24) is 19.5 Å². The number of benzene rings is 1. The van der Waals surface area contributed by atoms with Gasteiger partial charge in [-0.05, 0) is 38.8 Å². The summed E-state index contributed by atoms with van der Waals surface area (Å²) in [5.41, 5.74) is 3.10. The number of carbonyl (C=O) groups excluding carboxylic acids is 1. The highest BCUT2D eigenvalue weighted by Crippen LogP contribution is 2.54. The monoisotopic (exact) mass is 641 g/mol. The van der Waals surface area contributed by atoms with Crippen molar-refractivity contribution >= 4 is 30.7 Å². The van der Waals surface area contributed by atoms with E-state index in [-0.39, 0.29) is 41.5 Å². The Balaban J connectivity index is 1.60. The number of fused-ring (bicyclic) bond motifs is 1. The van der Waals surface area contributed by atoms with Gasteiger partial charge in [0.2, 0.25) is 11.8 Å². The van der Waals surface area contributed by atoms with Gasteiger partial charge in [0, 0.05) is 0 Å². The van der Waals surface area contributed by atoms with Gasteiger partial charge in [-0.25, -0.2) is 18.3 Å². The lowest BCUT2D eigenvalue weighted by Crippen LogP contribution is -2.46. The topological polar surface area (TPSA) is 170 Å². The number of nitrogens with two attached hydrogens (primary N) is 1. The normalized spacial score (nSPS) is 25.6. The first-order chi connectivity index (χ1) is 20.8. The second-order valence-corrected chi connectivity index (χ2v) is 12.7. The number of nitrogens with zero attached hydrogens (tertiary/aromatic N) is 4. The molecule has 242 valence electrons. The van der Waals surface area contributed by atoms with E-state index in [2.05, 4.69) is 15.0 Å². The average molecular weight is 642 g/mol. The minimum atomic E-state index is -4.34. The Morgan fingerprint density at radius 3 is 2.52 bits per heavy atom. The molecule has 3 N–H and O–H groups in total. The predicted octanol–water partition coefficient (Wildman–Crippen LogP) is 4.75. The second kappa shape index (κ2) is 13.3. The van der Waals surface area contributed by atoms with E-state index in [4.69, 9.17) is 29.0 Å². The van der Waals surface area contributed by atoms with Crippen LogP contribution < -0.4 is 15.0 Å². The molecule has 1 aliphatic heterocycles. The molecule has 1 aromatic carbocycles. The molecule has 0 amide bonds. The average Bonchev–Trinajstić information content (AvgIpc) is 3.47. The molecular weight excluding hydrogens is 603 g/mol. The third-order valence-corrected chi connectivity index (χ3v) is 9.22. The zero-order valence-electron chi connectivity index (χ0n) is 25.2. The molecule has 3 heterocycles. The second-order valence-electron chi connectivity index (χ2n) is 10.7. The first kappa shape index (κ1) is 33.5. The van der Waals surface area contributed by atoms with Crippen molar-refractivity contribution in [2.75, 3.05) is 25.1 Å². The van der Waals surface area contributed by atoms with Crippen LogP contribution in [0.15, 0.2) is 36.7 Å². The van der Waals surface area contributed by atoms with Gasteiger partial charge in [-0.15, -0.1) is 0 Å². The van der Waals surface area contributed by atoms with E-state index in [1.807, 2.05) is 13.8 Å². The Labute approximate surface area is 253 Å². The Morgan fingerprint density at radius 2 is 1.89 bits per heavy atom. The first-order valence-corrected chi connectivity index (χ1v) is 16.0. The quantitative estimate of drug-likeness (QED) is 0.183. The van der Waals surface area contributed by atoms with Gasteiger partial charge in [0.1, 0.15) is 18.5 Å². The van der Waals surface area contributed by atoms with Crippen molar-refractivity contribution in [1.29, 1.82) is 0 Å². The highest BCUT2D eigenvalue weighted by atomic mass is 31.2. The van der Waals surface area contributed by atoms with E-state index in [0.717, 1.165) is 17.8 Å². The number of aliphatic hydroxyl groups excluding tert-OH is 1. The van der Waals surface area contributed by atoms with Gasteiger partial charge in [0.05, 0.1) is 25.0 Å². The van der Waals surface area contributed by atoms with Crippen LogP contribution in [-0.4, -0.2) is 73.7 Å². The number of aliphatic hydroxyl groups is 1. The largest absolute Gasteiger partial charge is 0.476 e. The maximum absolute atomic E-state index is 16.3. The Bertz CT molecular complexity index is 1490. The summed E-state index contributed by atoms with van der Waals surface area (Å²) in [6.45, 7) is 6.86. The zero-order valence-corrected chi connectivity index (χ0v) is 26.1. The summed E-state index contributed by atoms with van der Waals surface area (Å²) >= 11 is 0. The van der Waals surface area contributed by atoms with E-state index < -0.39 is 56.1 Å². The molecule has 16 heteroatoms. The van der Waals surface area contributed by atoms with Crippen LogP contribution in [0.1, 0.15) is 53.7 Å². The molecule has 13 nitrogen and oxygen atoms in total. The molecule has 0 spiro atoms. The fourth-order valence-electron chi connectivity index (χ4n) is 4.77. The standard InChI is InChI=1S/C28H38F2N5O8P/c1-6-18(7-2)41-23(36)17(4)14-44(38,43-19-12-10-9-11-13-19)40-15-28(30)24(37)27(5,29)25(42-28)35-16-32-20-21(35)33-26(31)34-22(20)39-8-3/h9-13,16-18,24-25,37H,6-8,14-15H2,1-5H3,(H2,31,33,34)/t17-,24+,25-,27-,28-,44?/m1/s1. The minimum absolute atomic E-state index is 0.0264. The minimum Gasteiger partial charge on any atom is -0.476 e. The van der Waals surface area contributed by atoms with E-state index >= 15 is 8.78 Å². The van der Waals surface area contributed by atoms with E-state index in [9.17, 15) is 14.5 Å². The Hall–Kier alpha value is -3.39. The summed E-state index contributed by atoms with van der Waals surface area (Å²) in [5.74, 6) is -4.90. The van der Waals surface area contributed by atoms with Crippen molar-refractivity contribution in [3.8, 4) is 11.6 Å². The highest BCUT2D eigenvalue weighted by Gasteiger charge is 2.65. The van der Waals surface area contributed by atoms with Crippen LogP contribution in [0.5, 0.6) is 11.6 Å². The number of alkyl halides is 2. The summed E-state index contributed by atoms with van der Waals surface area (Å²) in [6, 6.07) is 7.93. The number of esters is 1. The highest BCUT2D eigenvalue weighted by molar-refractivity contribution is 7.54. The van der Waals surface area contributed by atoms with Crippen LogP contribution in [0.3, 0.4) is 0 Å². The lowest BCUT2D eigenvalue weighted by atomic mass is 9.97. The Morgan fingerprint density at radius 1 is 1.20 bits per heavy atom. The van der Waals surface area contributed by atoms with Gasteiger partial charge < -0.3 is 29.6 Å². The van der Waals surface area contributed by atoms with Crippen LogP contribution in [0, 0.1) is 5.92 Å². The first-order valence-electron chi connectivity index (χ1n) is 14.3. The molecule has 1 aliphatic rings. The maximum atomic E-state index is 16.3. The molecule has 0 aliphatic carbocycles. The van der Waals surface area contributed by atoms with Crippen molar-refractivity contribution in [2.45, 2.75) is 77.4 Å². The number of halogens is 2. The fraction of sp³-hybridized carbons (Fsp3) is 0.571. The van der Waals surface area contributed by atoms with Crippen molar-refractivity contribution in [2.24, 2.45) is 5.92 Å². The molecule has 0 bridgehead atoms. The molecule has 6 atom stereocenters. The third-order valence-electron chi connectivity index (χ3n) is 7.21. The SMILES string of the molecule is CCOc1nc(N)nc2c1ncn2[C@@H]1O[C@](F)(COP(=O)(C[C@@H](C)C(=O)OC(CC)CC)Oc2ccccc2)[C@@H](O)[C@@]1(C)F. The number of anilines is 1. The Kier molecular flexibility index (Phi) is 10.1. The number of para-hydroxylation sites is 1. The smallest absolute Gasteiger partial charge is 0.380 e. The molecule has 44 heavy (non-hydrogen) atoms. The maximum Gasteiger partial charge on any atom is 0.380 e. The molecule has 1 saturated heterocycles. The summed E-state index contributed by atoms with van der Waals surface area (Å²) in [6.07, 6.45) is -2.77. The molecule has 1 fully saturated rings. The van der Waals surface area contributed by atoms with E-state index in [1.165, 1.54) is 19.1 Å². The number of ether oxygens (including phenoxy) is 3. The predicted molar refractivity (Wildman–Crippen MR) is 156 cm³/mol. The van der Waals surface area contributed by atoms with Crippen LogP contribution in [0.4, 0.5) is 14.7 Å². The van der Waals surface area contributed by atoms with Crippen LogP contribution in [0.2, 0.25) is 0 Å². The third kappa shape index (κ3) is 6.96. The van der Waals surface area contributed by atoms with Gasteiger partial charge in [-0.3, -0.25) is 13.9 Å². The molecule has 0 saturated carbocycles. The van der Waals surface area contributed by atoms with Gasteiger partial charge >= 0.3 is 13.6 Å². The van der Waals surface area contributed by atoms with Gasteiger partial charge in [0.25, 0.3) is 5.85 Å². The summed E-state index contributed by atoms with van der Waals surface area (Å²) < 4.78 is 75.0. The summed E-state index contributed by atoms with van der Waals surface area (Å²) in [5, 5.41) is 10.8. The van der Waals surface area contributed by atoms with Gasteiger partial charge in [-0.2, -0.15) is 9.97 Å².